The van der Waals surface area contributed by atoms with E-state index in [1.807, 2.05) is 13.8 Å². The van der Waals surface area contributed by atoms with Crippen LogP contribution >= 0.6 is 11.3 Å². The molecule has 8 heteroatoms. The van der Waals surface area contributed by atoms with Crippen LogP contribution < -0.4 is 5.32 Å². The smallest absolute Gasteiger partial charge is 0.350 e. The summed E-state index contributed by atoms with van der Waals surface area (Å²) < 4.78 is 4.97. The summed E-state index contributed by atoms with van der Waals surface area (Å²) in [5.74, 6) is -2.05. The molecule has 2 rings (SSSR count). The quantitative estimate of drug-likeness (QED) is 0.774. The van der Waals surface area contributed by atoms with Gasteiger partial charge in [-0.05, 0) is 39.0 Å². The third kappa shape index (κ3) is 3.27. The van der Waals surface area contributed by atoms with Gasteiger partial charge in [-0.3, -0.25) is 9.59 Å². The number of esters is 1. The van der Waals surface area contributed by atoms with Crippen molar-refractivity contribution in [1.82, 2.24) is 4.98 Å². The van der Waals surface area contributed by atoms with Crippen molar-refractivity contribution in [3.63, 3.8) is 0 Å². The van der Waals surface area contributed by atoms with E-state index < -0.39 is 28.7 Å². The van der Waals surface area contributed by atoms with Crippen molar-refractivity contribution in [2.75, 3.05) is 11.9 Å². The molecule has 1 aromatic rings. The van der Waals surface area contributed by atoms with Crippen LogP contribution in [0.2, 0.25) is 0 Å². The van der Waals surface area contributed by atoms with Gasteiger partial charge in [0.2, 0.25) is 5.91 Å². The minimum Gasteiger partial charge on any atom is -0.481 e. The number of carboxylic acid groups (broad SMARTS) is 1. The average molecular weight is 368 g/mol. The fourth-order valence-corrected chi connectivity index (χ4v) is 4.23. The van der Waals surface area contributed by atoms with Crippen molar-refractivity contribution < 1.29 is 24.2 Å². The molecule has 1 saturated carbocycles. The van der Waals surface area contributed by atoms with E-state index >= 15 is 0 Å². The predicted molar refractivity (Wildman–Crippen MR) is 93.7 cm³/mol. The number of ether oxygens (including phenoxy) is 1. The van der Waals surface area contributed by atoms with Gasteiger partial charge < -0.3 is 15.2 Å². The molecule has 0 aliphatic heterocycles. The zero-order chi connectivity index (χ0) is 19.0. The Morgan fingerprint density at radius 3 is 2.52 bits per heavy atom. The molecule has 1 aliphatic rings. The van der Waals surface area contributed by atoms with E-state index in [9.17, 15) is 19.5 Å². The lowest BCUT2D eigenvalue weighted by Gasteiger charge is -2.37. The predicted octanol–water partition coefficient (Wildman–Crippen LogP) is 3.09. The second-order valence-corrected chi connectivity index (χ2v) is 8.09. The second kappa shape index (κ2) is 6.74. The Labute approximate surface area is 150 Å². The van der Waals surface area contributed by atoms with Gasteiger partial charge >= 0.3 is 11.9 Å². The maximum atomic E-state index is 12.7. The number of hydrogen-bond acceptors (Lipinski definition) is 6. The number of nitrogens with zero attached hydrogens (tertiary/aromatic N) is 1. The molecule has 0 radical (unpaired) electrons. The summed E-state index contributed by atoms with van der Waals surface area (Å²) in [4.78, 5) is 40.8. The topological polar surface area (TPSA) is 106 Å². The standard InChI is InChI=1S/C17H24N2O5S/c1-6-24-13(21)11-9(2)18-15(25-11)19-12(20)10-7-8-17(5,14(22)23)16(10,3)4/h10H,6-8H2,1-5H3,(H,22,23)(H,18,19,20)/t10-,17+/m0/s1. The molecule has 2 N–H and O–H groups in total. The SMILES string of the molecule is CCOC(=O)c1sc(NC(=O)[C@@H]2CC[C@](C)(C(=O)O)C2(C)C)nc1C. The van der Waals surface area contributed by atoms with Crippen LogP contribution in [0.1, 0.15) is 55.9 Å². The van der Waals surface area contributed by atoms with Crippen LogP contribution in [0, 0.1) is 23.7 Å². The first kappa shape index (κ1) is 19.4. The van der Waals surface area contributed by atoms with Gasteiger partial charge in [0.05, 0.1) is 17.7 Å². The van der Waals surface area contributed by atoms with Crippen LogP contribution in [0.5, 0.6) is 0 Å². The van der Waals surface area contributed by atoms with E-state index in [2.05, 4.69) is 10.3 Å². The van der Waals surface area contributed by atoms with Gasteiger partial charge in [-0.15, -0.1) is 0 Å². The summed E-state index contributed by atoms with van der Waals surface area (Å²) in [5, 5.41) is 12.6. The molecule has 0 spiro atoms. The Morgan fingerprint density at radius 1 is 1.36 bits per heavy atom. The molecule has 25 heavy (non-hydrogen) atoms. The lowest BCUT2D eigenvalue weighted by Crippen LogP contribution is -2.43. The number of carbonyl (C=O) groups excluding carboxylic acids is 2. The third-order valence-corrected chi connectivity index (χ3v) is 6.56. The highest BCUT2D eigenvalue weighted by Crippen LogP contribution is 2.56. The monoisotopic (exact) mass is 368 g/mol. The Balaban J connectivity index is 2.17. The van der Waals surface area contributed by atoms with Crippen molar-refractivity contribution in [1.29, 1.82) is 0 Å². The maximum absolute atomic E-state index is 12.7. The lowest BCUT2D eigenvalue weighted by molar-refractivity contribution is -0.154. The fraction of sp³-hybridized carbons (Fsp3) is 0.647. The van der Waals surface area contributed by atoms with Crippen LogP contribution in [0.4, 0.5) is 5.13 Å². The molecule has 138 valence electrons. The second-order valence-electron chi connectivity index (χ2n) is 7.09. The molecule has 0 bridgehead atoms. The summed E-state index contributed by atoms with van der Waals surface area (Å²) in [7, 11) is 0. The molecule has 2 atom stereocenters. The van der Waals surface area contributed by atoms with Crippen LogP contribution in [0.15, 0.2) is 0 Å². The molecular weight excluding hydrogens is 344 g/mol. The van der Waals surface area contributed by atoms with Gasteiger partial charge in [0.1, 0.15) is 4.88 Å². The lowest BCUT2D eigenvalue weighted by atomic mass is 9.65. The number of amides is 1. The number of rotatable bonds is 5. The van der Waals surface area contributed by atoms with E-state index in [4.69, 9.17) is 4.74 Å². The molecule has 0 unspecified atom stereocenters. The molecule has 7 nitrogen and oxygen atoms in total. The van der Waals surface area contributed by atoms with E-state index in [1.165, 1.54) is 0 Å². The van der Waals surface area contributed by atoms with Gasteiger partial charge in [0.25, 0.3) is 0 Å². The van der Waals surface area contributed by atoms with Crippen molar-refractivity contribution in [3.8, 4) is 0 Å². The zero-order valence-electron chi connectivity index (χ0n) is 15.1. The fourth-order valence-electron chi connectivity index (χ4n) is 3.37. The molecule has 1 aromatic heterocycles. The van der Waals surface area contributed by atoms with Crippen molar-refractivity contribution >= 4 is 34.3 Å². The minimum atomic E-state index is -0.954. The Hall–Kier alpha value is -1.96. The first-order valence-corrected chi connectivity index (χ1v) is 9.05. The summed E-state index contributed by atoms with van der Waals surface area (Å²) in [5.41, 5.74) is -1.15. The summed E-state index contributed by atoms with van der Waals surface area (Å²) in [6, 6.07) is 0. The average Bonchev–Trinajstić information content (AvgIpc) is 2.98. The zero-order valence-corrected chi connectivity index (χ0v) is 16.0. The first-order chi connectivity index (χ1) is 11.5. The van der Waals surface area contributed by atoms with E-state index in [0.717, 1.165) is 11.3 Å². The van der Waals surface area contributed by atoms with Crippen LogP contribution in [-0.2, 0) is 14.3 Å². The number of anilines is 1. The summed E-state index contributed by atoms with van der Waals surface area (Å²) in [6.07, 6.45) is 0.940. The first-order valence-electron chi connectivity index (χ1n) is 8.23. The molecule has 1 aliphatic carbocycles. The third-order valence-electron chi connectivity index (χ3n) is 5.50. The van der Waals surface area contributed by atoms with Gasteiger partial charge in [0.15, 0.2) is 5.13 Å². The van der Waals surface area contributed by atoms with Crippen molar-refractivity contribution in [2.45, 2.75) is 47.5 Å². The number of carboxylic acids is 1. The molecule has 1 amide bonds. The highest BCUT2D eigenvalue weighted by molar-refractivity contribution is 7.17. The normalized spacial score (nSPS) is 24.8. The molecule has 0 saturated heterocycles. The van der Waals surface area contributed by atoms with Crippen molar-refractivity contribution in [2.24, 2.45) is 16.7 Å². The number of carbonyl (C=O) groups is 3. The number of aryl methyl sites for hydroxylation is 1. The van der Waals surface area contributed by atoms with E-state index in [-0.39, 0.29) is 12.5 Å². The largest absolute Gasteiger partial charge is 0.481 e. The number of nitrogens with one attached hydrogen (secondary N) is 1. The number of aliphatic carboxylic acids is 1. The number of thiazole rings is 1. The maximum Gasteiger partial charge on any atom is 0.350 e. The van der Waals surface area contributed by atoms with Crippen LogP contribution in [-0.4, -0.2) is 34.5 Å². The highest BCUT2D eigenvalue weighted by Gasteiger charge is 2.58. The molecular formula is C17H24N2O5S. The highest BCUT2D eigenvalue weighted by atomic mass is 32.1. The molecule has 1 heterocycles. The summed E-state index contributed by atoms with van der Waals surface area (Å²) in [6.45, 7) is 8.99. The Bertz CT molecular complexity index is 712. The van der Waals surface area contributed by atoms with Gasteiger partial charge in [-0.25, -0.2) is 9.78 Å². The van der Waals surface area contributed by atoms with Crippen LogP contribution in [0.3, 0.4) is 0 Å². The van der Waals surface area contributed by atoms with Crippen LogP contribution in [0.25, 0.3) is 0 Å². The van der Waals surface area contributed by atoms with Gasteiger partial charge in [0, 0.05) is 5.92 Å². The van der Waals surface area contributed by atoms with Crippen molar-refractivity contribution in [3.05, 3.63) is 10.6 Å². The number of aromatic nitrogens is 1. The van der Waals surface area contributed by atoms with Gasteiger partial charge in [-0.1, -0.05) is 25.2 Å². The summed E-state index contributed by atoms with van der Waals surface area (Å²) >= 11 is 1.07. The molecule has 1 fully saturated rings. The Kier molecular flexibility index (Phi) is 5.22. The van der Waals surface area contributed by atoms with Gasteiger partial charge in [-0.2, -0.15) is 0 Å². The van der Waals surface area contributed by atoms with E-state index in [1.54, 1.807) is 20.8 Å². The minimum absolute atomic E-state index is 0.265. The number of hydrogen-bond donors (Lipinski definition) is 2. The molecule has 0 aromatic carbocycles. The van der Waals surface area contributed by atoms with E-state index in [0.29, 0.717) is 28.5 Å². The Morgan fingerprint density at radius 2 is 2.00 bits per heavy atom.